The van der Waals surface area contributed by atoms with E-state index in [-0.39, 0.29) is 23.6 Å². The third-order valence-electron chi connectivity index (χ3n) is 2.36. The number of phenols is 1. The first-order valence-corrected chi connectivity index (χ1v) is 5.07. The Balaban J connectivity index is 2.52. The third kappa shape index (κ3) is 2.21. The SMILES string of the molecule is O=C=NCc1c(O)c(F)cc2c1OCCCO2. The highest BCUT2D eigenvalue weighted by Gasteiger charge is 2.21. The lowest BCUT2D eigenvalue weighted by Crippen LogP contribution is -1.99. The van der Waals surface area contributed by atoms with Crippen LogP contribution in [0.5, 0.6) is 17.2 Å². The number of aromatic hydroxyl groups is 1. The number of nitrogens with zero attached hydrogens (tertiary/aromatic N) is 1. The first-order chi connectivity index (χ1) is 8.24. The second kappa shape index (κ2) is 4.84. The van der Waals surface area contributed by atoms with Gasteiger partial charge in [0.05, 0.1) is 25.3 Å². The maximum Gasteiger partial charge on any atom is 0.235 e. The molecule has 6 heteroatoms. The first-order valence-electron chi connectivity index (χ1n) is 5.07. The molecule has 1 aliphatic heterocycles. The average molecular weight is 239 g/mol. The largest absolute Gasteiger partial charge is 0.504 e. The lowest BCUT2D eigenvalue weighted by molar-refractivity contribution is 0.295. The fourth-order valence-corrected chi connectivity index (χ4v) is 1.59. The zero-order chi connectivity index (χ0) is 12.3. The monoisotopic (exact) mass is 239 g/mol. The van der Waals surface area contributed by atoms with E-state index >= 15 is 0 Å². The molecule has 2 rings (SSSR count). The lowest BCUT2D eigenvalue weighted by atomic mass is 10.1. The van der Waals surface area contributed by atoms with Crippen LogP contribution < -0.4 is 9.47 Å². The number of hydrogen-bond acceptors (Lipinski definition) is 5. The van der Waals surface area contributed by atoms with Crippen LogP contribution >= 0.6 is 0 Å². The average Bonchev–Trinajstić information content (AvgIpc) is 2.55. The number of carbonyl (C=O) groups excluding carboxylic acids is 1. The number of hydrogen-bond donors (Lipinski definition) is 1. The van der Waals surface area contributed by atoms with E-state index in [1.807, 2.05) is 0 Å². The normalized spacial score (nSPS) is 13.7. The van der Waals surface area contributed by atoms with Crippen LogP contribution in [0.1, 0.15) is 12.0 Å². The summed E-state index contributed by atoms with van der Waals surface area (Å²) in [4.78, 5) is 13.4. The Bertz CT molecular complexity index is 483. The molecule has 0 aromatic heterocycles. The molecular weight excluding hydrogens is 229 g/mol. The second-order valence-electron chi connectivity index (χ2n) is 3.47. The van der Waals surface area contributed by atoms with E-state index in [0.29, 0.717) is 19.6 Å². The highest BCUT2D eigenvalue weighted by Crippen LogP contribution is 2.40. The van der Waals surface area contributed by atoms with Crippen molar-refractivity contribution >= 4 is 6.08 Å². The number of isocyanates is 1. The van der Waals surface area contributed by atoms with E-state index in [1.165, 1.54) is 6.08 Å². The van der Waals surface area contributed by atoms with Gasteiger partial charge in [0, 0.05) is 12.5 Å². The molecule has 1 aliphatic rings. The van der Waals surface area contributed by atoms with E-state index in [0.717, 1.165) is 6.07 Å². The van der Waals surface area contributed by atoms with Crippen molar-refractivity contribution in [2.75, 3.05) is 13.2 Å². The molecule has 0 amide bonds. The number of phenolic OH excluding ortho intramolecular Hbond substituents is 1. The molecule has 0 saturated carbocycles. The standard InChI is InChI=1S/C11H10FNO4/c12-8-4-9-11(17-3-1-2-16-9)7(10(8)15)5-13-6-14/h4,15H,1-3,5H2. The van der Waals surface area contributed by atoms with Gasteiger partial charge < -0.3 is 14.6 Å². The summed E-state index contributed by atoms with van der Waals surface area (Å²) in [6.45, 7) is 0.613. The van der Waals surface area contributed by atoms with E-state index in [1.54, 1.807) is 0 Å². The van der Waals surface area contributed by atoms with E-state index in [4.69, 9.17) is 9.47 Å². The Kier molecular flexibility index (Phi) is 3.25. The molecule has 0 spiro atoms. The van der Waals surface area contributed by atoms with Gasteiger partial charge in [0.2, 0.25) is 6.08 Å². The number of halogens is 1. The van der Waals surface area contributed by atoms with E-state index in [9.17, 15) is 14.3 Å². The van der Waals surface area contributed by atoms with Gasteiger partial charge in [-0.15, -0.1) is 0 Å². The predicted octanol–water partition coefficient (Wildman–Crippen LogP) is 1.53. The van der Waals surface area contributed by atoms with Gasteiger partial charge in [-0.1, -0.05) is 0 Å². The van der Waals surface area contributed by atoms with E-state index < -0.39 is 11.6 Å². The van der Waals surface area contributed by atoms with Gasteiger partial charge in [-0.2, -0.15) is 0 Å². The zero-order valence-corrected chi connectivity index (χ0v) is 8.90. The Hall–Kier alpha value is -2.07. The highest BCUT2D eigenvalue weighted by atomic mass is 19.1. The van der Waals surface area contributed by atoms with Gasteiger partial charge in [0.15, 0.2) is 23.1 Å². The third-order valence-corrected chi connectivity index (χ3v) is 2.36. The van der Waals surface area contributed by atoms with Crippen LogP contribution in [0.2, 0.25) is 0 Å². The summed E-state index contributed by atoms with van der Waals surface area (Å²) in [6.07, 6.45) is 1.99. The Morgan fingerprint density at radius 2 is 2.24 bits per heavy atom. The van der Waals surface area contributed by atoms with Crippen molar-refractivity contribution < 1.29 is 23.8 Å². The van der Waals surface area contributed by atoms with Crippen LogP contribution in [0.15, 0.2) is 11.1 Å². The molecule has 0 unspecified atom stereocenters. The van der Waals surface area contributed by atoms with Gasteiger partial charge in [0.25, 0.3) is 0 Å². The second-order valence-corrected chi connectivity index (χ2v) is 3.47. The van der Waals surface area contributed by atoms with E-state index in [2.05, 4.69) is 4.99 Å². The van der Waals surface area contributed by atoms with Crippen LogP contribution in [0.4, 0.5) is 4.39 Å². The highest BCUT2D eigenvalue weighted by molar-refractivity contribution is 5.55. The van der Waals surface area contributed by atoms with Crippen molar-refractivity contribution in [3.63, 3.8) is 0 Å². The van der Waals surface area contributed by atoms with Gasteiger partial charge in [-0.3, -0.25) is 0 Å². The van der Waals surface area contributed by atoms with Crippen molar-refractivity contribution in [1.29, 1.82) is 0 Å². The maximum absolute atomic E-state index is 13.4. The summed E-state index contributed by atoms with van der Waals surface area (Å²) in [5, 5.41) is 9.57. The molecule has 1 aromatic rings. The number of rotatable bonds is 2. The van der Waals surface area contributed by atoms with Crippen molar-refractivity contribution in [1.82, 2.24) is 0 Å². The number of aliphatic imine (C=N–C) groups is 1. The molecule has 5 nitrogen and oxygen atoms in total. The Morgan fingerprint density at radius 3 is 3.00 bits per heavy atom. The van der Waals surface area contributed by atoms with Crippen LogP contribution in [0.25, 0.3) is 0 Å². The van der Waals surface area contributed by atoms with Crippen LogP contribution in [0.3, 0.4) is 0 Å². The number of fused-ring (bicyclic) bond motifs is 1. The summed E-state index contributed by atoms with van der Waals surface area (Å²) >= 11 is 0. The Morgan fingerprint density at radius 1 is 1.47 bits per heavy atom. The fourth-order valence-electron chi connectivity index (χ4n) is 1.59. The Labute approximate surface area is 96.5 Å². The predicted molar refractivity (Wildman–Crippen MR) is 55.5 cm³/mol. The van der Waals surface area contributed by atoms with Crippen LogP contribution in [-0.4, -0.2) is 24.4 Å². The first kappa shape index (κ1) is 11.4. The summed E-state index contributed by atoms with van der Waals surface area (Å²) in [6, 6.07) is 1.06. The number of benzene rings is 1. The minimum atomic E-state index is -0.828. The molecule has 0 saturated heterocycles. The fraction of sp³-hybridized carbons (Fsp3) is 0.364. The molecule has 1 aromatic carbocycles. The molecule has 0 aliphatic carbocycles. The molecule has 17 heavy (non-hydrogen) atoms. The summed E-state index contributed by atoms with van der Waals surface area (Å²) in [5.41, 5.74) is 0.102. The molecule has 90 valence electrons. The molecule has 0 atom stereocenters. The van der Waals surface area contributed by atoms with Gasteiger partial charge in [-0.05, 0) is 0 Å². The molecule has 1 heterocycles. The molecule has 0 bridgehead atoms. The van der Waals surface area contributed by atoms with Gasteiger partial charge in [0.1, 0.15) is 0 Å². The van der Waals surface area contributed by atoms with Crippen molar-refractivity contribution in [3.8, 4) is 17.2 Å². The topological polar surface area (TPSA) is 68.1 Å². The molecule has 1 N–H and O–H groups in total. The minimum absolute atomic E-state index is 0.102. The lowest BCUT2D eigenvalue weighted by Gasteiger charge is -2.12. The van der Waals surface area contributed by atoms with Gasteiger partial charge >= 0.3 is 0 Å². The van der Waals surface area contributed by atoms with Crippen LogP contribution in [-0.2, 0) is 11.3 Å². The summed E-state index contributed by atoms with van der Waals surface area (Å²) in [5.74, 6) is -0.951. The molecule has 0 radical (unpaired) electrons. The molecular formula is C11H10FNO4. The summed E-state index contributed by atoms with van der Waals surface area (Å²) < 4.78 is 24.1. The van der Waals surface area contributed by atoms with Crippen molar-refractivity contribution in [2.24, 2.45) is 4.99 Å². The zero-order valence-electron chi connectivity index (χ0n) is 8.90. The van der Waals surface area contributed by atoms with Crippen LogP contribution in [0, 0.1) is 5.82 Å². The summed E-state index contributed by atoms with van der Waals surface area (Å²) in [7, 11) is 0. The van der Waals surface area contributed by atoms with Gasteiger partial charge in [-0.25, -0.2) is 14.2 Å². The maximum atomic E-state index is 13.4. The smallest absolute Gasteiger partial charge is 0.235 e. The number of ether oxygens (including phenoxy) is 2. The minimum Gasteiger partial charge on any atom is -0.504 e. The quantitative estimate of drug-likeness (QED) is 0.627. The van der Waals surface area contributed by atoms with Crippen molar-refractivity contribution in [3.05, 3.63) is 17.4 Å². The van der Waals surface area contributed by atoms with Crippen molar-refractivity contribution in [2.45, 2.75) is 13.0 Å². The molecule has 0 fully saturated rings.